The molecule has 1 unspecified atom stereocenters. The van der Waals surface area contributed by atoms with Crippen molar-refractivity contribution < 1.29 is 23.8 Å². The van der Waals surface area contributed by atoms with Gasteiger partial charge in [-0.3, -0.25) is 4.90 Å². The van der Waals surface area contributed by atoms with Crippen molar-refractivity contribution in [1.82, 2.24) is 4.90 Å². The molecule has 0 aliphatic carbocycles. The normalized spacial score (nSPS) is 17.6. The molecule has 32 heavy (non-hydrogen) atoms. The molecule has 8 heteroatoms. The minimum atomic E-state index is -0.737. The van der Waals surface area contributed by atoms with Gasteiger partial charge >= 0.3 is 11.9 Å². The molecule has 3 rings (SSSR count). The van der Waals surface area contributed by atoms with Crippen molar-refractivity contribution in [3.05, 3.63) is 81.9 Å². The van der Waals surface area contributed by atoms with Gasteiger partial charge in [0.05, 0.1) is 7.11 Å². The van der Waals surface area contributed by atoms with Crippen LogP contribution in [0.2, 0.25) is 10.0 Å². The Balaban J connectivity index is 1.80. The van der Waals surface area contributed by atoms with E-state index in [1.807, 2.05) is 60.5 Å². The summed E-state index contributed by atoms with van der Waals surface area (Å²) in [6.45, 7) is 1.22. The molecule has 1 atom stereocenters. The van der Waals surface area contributed by atoms with E-state index in [0.29, 0.717) is 23.2 Å². The molecule has 170 valence electrons. The van der Waals surface area contributed by atoms with Crippen LogP contribution in [-0.2, 0) is 29.4 Å². The lowest BCUT2D eigenvalue weighted by atomic mass is 9.76. The van der Waals surface area contributed by atoms with Crippen LogP contribution in [0.5, 0.6) is 0 Å². The van der Waals surface area contributed by atoms with Gasteiger partial charge in [-0.15, -0.1) is 0 Å². The van der Waals surface area contributed by atoms with E-state index in [1.54, 1.807) is 0 Å². The smallest absolute Gasteiger partial charge is 0.332 e. The van der Waals surface area contributed by atoms with Crippen molar-refractivity contribution in [3.63, 3.8) is 0 Å². The Kier molecular flexibility index (Phi) is 8.32. The van der Waals surface area contributed by atoms with Crippen LogP contribution in [0.4, 0.5) is 0 Å². The number of nitrogens with zero attached hydrogens (tertiary/aromatic N) is 1. The summed E-state index contributed by atoms with van der Waals surface area (Å²) in [6, 6.07) is 15.3. The molecule has 1 aliphatic heterocycles. The van der Waals surface area contributed by atoms with E-state index in [9.17, 15) is 9.59 Å². The molecule has 2 aromatic carbocycles. The minimum Gasteiger partial charge on any atom is -0.466 e. The fourth-order valence-corrected chi connectivity index (χ4v) is 4.38. The third kappa shape index (κ3) is 5.70. The number of carbonyl (C=O) groups is 2. The summed E-state index contributed by atoms with van der Waals surface area (Å²) in [4.78, 5) is 24.9. The van der Waals surface area contributed by atoms with Crippen LogP contribution in [-0.4, -0.2) is 50.9 Å². The van der Waals surface area contributed by atoms with Gasteiger partial charge in [0.2, 0.25) is 0 Å². The molecule has 0 bridgehead atoms. The van der Waals surface area contributed by atoms with Crippen LogP contribution in [0, 0.1) is 5.92 Å². The average Bonchev–Trinajstić information content (AvgIpc) is 3.20. The number of ether oxygens (including phenoxy) is 3. The van der Waals surface area contributed by atoms with Crippen molar-refractivity contribution in [2.24, 2.45) is 5.92 Å². The first kappa shape index (κ1) is 24.3. The van der Waals surface area contributed by atoms with Crippen LogP contribution < -0.4 is 0 Å². The Bertz CT molecular complexity index is 948. The van der Waals surface area contributed by atoms with Crippen LogP contribution in [0.15, 0.2) is 60.7 Å². The highest BCUT2D eigenvalue weighted by molar-refractivity contribution is 6.31. The first-order chi connectivity index (χ1) is 15.3. The first-order valence-corrected chi connectivity index (χ1v) is 10.9. The lowest BCUT2D eigenvalue weighted by molar-refractivity contribution is -0.143. The van der Waals surface area contributed by atoms with Crippen molar-refractivity contribution in [2.45, 2.75) is 12.0 Å². The van der Waals surface area contributed by atoms with Crippen LogP contribution >= 0.6 is 23.2 Å². The van der Waals surface area contributed by atoms with E-state index < -0.39 is 17.5 Å². The molecule has 0 N–H and O–H groups in total. The van der Waals surface area contributed by atoms with Crippen molar-refractivity contribution >= 4 is 35.1 Å². The average molecular weight is 478 g/mol. The molecule has 1 aliphatic rings. The second-order valence-corrected chi connectivity index (χ2v) is 8.45. The molecule has 1 heterocycles. The predicted octanol–water partition coefficient (Wildman–Crippen LogP) is 4.44. The van der Waals surface area contributed by atoms with Gasteiger partial charge in [-0.05, 0) is 48.9 Å². The van der Waals surface area contributed by atoms with Gasteiger partial charge in [0.25, 0.3) is 0 Å². The number of esters is 2. The fraction of sp³-hybridized carbons (Fsp3) is 0.333. The third-order valence-corrected chi connectivity index (χ3v) is 5.86. The number of carbonyl (C=O) groups excluding carboxylic acids is 2. The van der Waals surface area contributed by atoms with Crippen molar-refractivity contribution in [3.8, 4) is 0 Å². The monoisotopic (exact) mass is 477 g/mol. The molecule has 0 aromatic heterocycles. The molecular weight excluding hydrogens is 453 g/mol. The molecule has 0 spiro atoms. The molecule has 2 aromatic rings. The highest BCUT2D eigenvalue weighted by Gasteiger charge is 2.47. The number of hydrogen-bond donors (Lipinski definition) is 0. The minimum absolute atomic E-state index is 0.0498. The third-order valence-electron chi connectivity index (χ3n) is 5.39. The maximum atomic E-state index is 11.9. The summed E-state index contributed by atoms with van der Waals surface area (Å²) in [5, 5.41) is 1.25. The van der Waals surface area contributed by atoms with Gasteiger partial charge in [0.15, 0.2) is 0 Å². The number of methoxy groups -OCH3 is 1. The zero-order valence-corrected chi connectivity index (χ0v) is 19.4. The largest absolute Gasteiger partial charge is 0.466 e. The Hall–Kier alpha value is -2.38. The number of benzene rings is 2. The van der Waals surface area contributed by atoms with Gasteiger partial charge in [-0.1, -0.05) is 47.5 Å². The Morgan fingerprint density at radius 1 is 1.09 bits per heavy atom. The number of hydrogen-bond acceptors (Lipinski definition) is 6. The van der Waals surface area contributed by atoms with E-state index in [1.165, 1.54) is 7.11 Å². The molecule has 6 nitrogen and oxygen atoms in total. The summed E-state index contributed by atoms with van der Waals surface area (Å²) < 4.78 is 16.1. The maximum absolute atomic E-state index is 11.9. The van der Waals surface area contributed by atoms with Crippen LogP contribution in [0.3, 0.4) is 0 Å². The summed E-state index contributed by atoms with van der Waals surface area (Å²) in [5.41, 5.74) is 1.15. The Labute approximate surface area is 197 Å². The summed E-state index contributed by atoms with van der Waals surface area (Å²) in [7, 11) is 3.10. The van der Waals surface area contributed by atoms with E-state index in [-0.39, 0.29) is 12.6 Å². The SMILES string of the molecule is COC(=O)/C=C\C(=O)OCN(C)CC1CCOC1(c1cccc(Cl)c1)c1cccc(Cl)c1. The molecule has 1 fully saturated rings. The quantitative estimate of drug-likeness (QED) is 0.318. The maximum Gasteiger partial charge on any atom is 0.332 e. The van der Waals surface area contributed by atoms with Crippen LogP contribution in [0.1, 0.15) is 17.5 Å². The first-order valence-electron chi connectivity index (χ1n) is 10.1. The highest BCUT2D eigenvalue weighted by atomic mass is 35.5. The zero-order chi connectivity index (χ0) is 23.1. The summed E-state index contributed by atoms with van der Waals surface area (Å²) in [6.07, 6.45) is 2.87. The molecule has 1 saturated heterocycles. The van der Waals surface area contributed by atoms with E-state index in [4.69, 9.17) is 32.7 Å². The summed E-state index contributed by atoms with van der Waals surface area (Å²) >= 11 is 12.6. The molecule has 0 saturated carbocycles. The van der Waals surface area contributed by atoms with E-state index in [0.717, 1.165) is 29.7 Å². The number of halogens is 2. The van der Waals surface area contributed by atoms with Crippen LogP contribution in [0.25, 0.3) is 0 Å². The second kappa shape index (κ2) is 11.0. The van der Waals surface area contributed by atoms with Crippen molar-refractivity contribution in [2.75, 3.05) is 34.0 Å². The lowest BCUT2D eigenvalue weighted by Crippen LogP contribution is -2.40. The van der Waals surface area contributed by atoms with E-state index in [2.05, 4.69) is 4.74 Å². The predicted molar refractivity (Wildman–Crippen MR) is 122 cm³/mol. The van der Waals surface area contributed by atoms with Gasteiger partial charge in [-0.2, -0.15) is 0 Å². The standard InChI is InChI=1S/C24H25Cl2NO5/c1-27(16-31-23(29)10-9-22(28)30-2)15-19-11-12-32-24(19,17-5-3-7-20(25)13-17)18-6-4-8-21(26)14-18/h3-10,13-14,19H,11-12,15-16H2,1-2H3/b10-9-. The lowest BCUT2D eigenvalue weighted by Gasteiger charge is -2.37. The molecule has 0 amide bonds. The fourth-order valence-electron chi connectivity index (χ4n) is 4.00. The van der Waals surface area contributed by atoms with Gasteiger partial charge in [0, 0.05) is 41.3 Å². The highest BCUT2D eigenvalue weighted by Crippen LogP contribution is 2.47. The number of rotatable bonds is 8. The zero-order valence-electron chi connectivity index (χ0n) is 17.9. The van der Waals surface area contributed by atoms with E-state index >= 15 is 0 Å². The molecular formula is C24H25Cl2NO5. The topological polar surface area (TPSA) is 65.1 Å². The Morgan fingerprint density at radius 3 is 2.25 bits per heavy atom. The summed E-state index contributed by atoms with van der Waals surface area (Å²) in [5.74, 6) is -1.19. The van der Waals surface area contributed by atoms with Crippen molar-refractivity contribution in [1.29, 1.82) is 0 Å². The molecule has 0 radical (unpaired) electrons. The van der Waals surface area contributed by atoms with Gasteiger partial charge < -0.3 is 14.2 Å². The Morgan fingerprint density at radius 2 is 1.69 bits per heavy atom. The second-order valence-electron chi connectivity index (χ2n) is 7.58. The van der Waals surface area contributed by atoms with Gasteiger partial charge in [0.1, 0.15) is 12.3 Å². The van der Waals surface area contributed by atoms with Gasteiger partial charge in [-0.25, -0.2) is 9.59 Å².